The van der Waals surface area contributed by atoms with E-state index in [2.05, 4.69) is 20.8 Å². The standard InChI is InChI=1S/C17H22O3/c1-16(2)12-8-9-17(16,3)14(10-12)20-15(19)11-4-6-13(18)7-5-11/h4-7,12,14,18H,8-10H2,1-3H3/t12-,14+,17-/m0/s1. The average molecular weight is 274 g/mol. The Bertz CT molecular complexity index is 532. The molecule has 0 spiro atoms. The Balaban J connectivity index is 1.76. The Morgan fingerprint density at radius 2 is 1.90 bits per heavy atom. The van der Waals surface area contributed by atoms with Gasteiger partial charge in [0, 0.05) is 5.41 Å². The molecule has 0 aliphatic heterocycles. The molecule has 0 unspecified atom stereocenters. The summed E-state index contributed by atoms with van der Waals surface area (Å²) in [6.45, 7) is 6.87. The molecule has 2 fully saturated rings. The summed E-state index contributed by atoms with van der Waals surface area (Å²) < 4.78 is 5.79. The highest BCUT2D eigenvalue weighted by molar-refractivity contribution is 5.89. The first kappa shape index (κ1) is 13.5. The molecular weight excluding hydrogens is 252 g/mol. The lowest BCUT2D eigenvalue weighted by Gasteiger charge is -2.38. The molecule has 2 aliphatic carbocycles. The smallest absolute Gasteiger partial charge is 0.338 e. The van der Waals surface area contributed by atoms with Crippen LogP contribution in [0.15, 0.2) is 24.3 Å². The van der Waals surface area contributed by atoms with Gasteiger partial charge in [0.15, 0.2) is 0 Å². The lowest BCUT2D eigenvalue weighted by Crippen LogP contribution is -2.38. The monoisotopic (exact) mass is 274 g/mol. The van der Waals surface area contributed by atoms with Crippen LogP contribution in [-0.2, 0) is 4.74 Å². The summed E-state index contributed by atoms with van der Waals surface area (Å²) >= 11 is 0. The number of phenolic OH excluding ortho intramolecular Hbond substituents is 1. The molecular formula is C17H22O3. The van der Waals surface area contributed by atoms with Crippen LogP contribution in [0.1, 0.15) is 50.4 Å². The normalized spacial score (nSPS) is 34.1. The van der Waals surface area contributed by atoms with E-state index >= 15 is 0 Å². The molecule has 1 aromatic carbocycles. The van der Waals surface area contributed by atoms with E-state index in [1.807, 2.05) is 0 Å². The van der Waals surface area contributed by atoms with Gasteiger partial charge in [-0.15, -0.1) is 0 Å². The van der Waals surface area contributed by atoms with Gasteiger partial charge in [0.25, 0.3) is 0 Å². The molecule has 3 heteroatoms. The predicted octanol–water partition coefficient (Wildman–Crippen LogP) is 3.76. The van der Waals surface area contributed by atoms with Gasteiger partial charge in [0.1, 0.15) is 11.9 Å². The van der Waals surface area contributed by atoms with Gasteiger partial charge in [0.2, 0.25) is 0 Å². The number of hydrogen-bond acceptors (Lipinski definition) is 3. The Kier molecular flexibility index (Phi) is 2.86. The number of phenols is 1. The molecule has 1 N–H and O–H groups in total. The van der Waals surface area contributed by atoms with Crippen LogP contribution in [0.4, 0.5) is 0 Å². The molecule has 0 radical (unpaired) electrons. The second-order valence-corrected chi connectivity index (χ2v) is 7.05. The molecule has 3 atom stereocenters. The minimum Gasteiger partial charge on any atom is -0.508 e. The molecule has 2 saturated carbocycles. The van der Waals surface area contributed by atoms with Crippen molar-refractivity contribution in [2.24, 2.45) is 16.7 Å². The van der Waals surface area contributed by atoms with E-state index in [1.165, 1.54) is 18.6 Å². The number of aromatic hydroxyl groups is 1. The van der Waals surface area contributed by atoms with Crippen molar-refractivity contribution in [2.75, 3.05) is 0 Å². The third-order valence-corrected chi connectivity index (χ3v) is 6.07. The first-order valence-corrected chi connectivity index (χ1v) is 7.34. The lowest BCUT2D eigenvalue weighted by molar-refractivity contribution is -0.0242. The van der Waals surface area contributed by atoms with Crippen molar-refractivity contribution in [1.29, 1.82) is 0 Å². The molecule has 3 rings (SSSR count). The van der Waals surface area contributed by atoms with Crippen molar-refractivity contribution >= 4 is 5.97 Å². The number of ether oxygens (including phenoxy) is 1. The molecule has 0 saturated heterocycles. The molecule has 20 heavy (non-hydrogen) atoms. The number of hydrogen-bond donors (Lipinski definition) is 1. The van der Waals surface area contributed by atoms with Crippen LogP contribution in [-0.4, -0.2) is 17.2 Å². The zero-order chi connectivity index (χ0) is 14.5. The van der Waals surface area contributed by atoms with Crippen LogP contribution in [0.2, 0.25) is 0 Å². The molecule has 0 amide bonds. The van der Waals surface area contributed by atoms with Crippen LogP contribution >= 0.6 is 0 Å². The zero-order valence-corrected chi connectivity index (χ0v) is 12.3. The van der Waals surface area contributed by atoms with Gasteiger partial charge in [-0.2, -0.15) is 0 Å². The first-order chi connectivity index (χ1) is 9.34. The fourth-order valence-electron chi connectivity index (χ4n) is 4.10. The van der Waals surface area contributed by atoms with Gasteiger partial charge in [-0.1, -0.05) is 20.8 Å². The second kappa shape index (κ2) is 4.24. The van der Waals surface area contributed by atoms with E-state index in [4.69, 9.17) is 4.74 Å². The van der Waals surface area contributed by atoms with E-state index in [9.17, 15) is 9.90 Å². The van der Waals surface area contributed by atoms with Crippen LogP contribution in [0.25, 0.3) is 0 Å². The summed E-state index contributed by atoms with van der Waals surface area (Å²) in [6.07, 6.45) is 3.37. The number of carbonyl (C=O) groups is 1. The van der Waals surface area contributed by atoms with Crippen molar-refractivity contribution in [2.45, 2.75) is 46.1 Å². The van der Waals surface area contributed by atoms with Crippen molar-refractivity contribution < 1.29 is 14.6 Å². The Hall–Kier alpha value is -1.51. The summed E-state index contributed by atoms with van der Waals surface area (Å²) in [5.74, 6) is 0.541. The van der Waals surface area contributed by atoms with Crippen molar-refractivity contribution in [3.63, 3.8) is 0 Å². The van der Waals surface area contributed by atoms with Gasteiger partial charge in [-0.05, 0) is 54.9 Å². The van der Waals surface area contributed by atoms with Crippen LogP contribution in [0.5, 0.6) is 5.75 Å². The maximum atomic E-state index is 12.2. The summed E-state index contributed by atoms with van der Waals surface area (Å²) in [5.41, 5.74) is 0.837. The first-order valence-electron chi connectivity index (χ1n) is 7.34. The highest BCUT2D eigenvalue weighted by atomic mass is 16.5. The maximum absolute atomic E-state index is 12.2. The van der Waals surface area contributed by atoms with E-state index in [0.29, 0.717) is 11.5 Å². The summed E-state index contributed by atoms with van der Waals surface area (Å²) in [4.78, 5) is 12.2. The number of esters is 1. The van der Waals surface area contributed by atoms with Crippen LogP contribution in [0.3, 0.4) is 0 Å². The van der Waals surface area contributed by atoms with Gasteiger partial charge in [-0.3, -0.25) is 0 Å². The van der Waals surface area contributed by atoms with Gasteiger partial charge in [0.05, 0.1) is 5.56 Å². The molecule has 3 nitrogen and oxygen atoms in total. The SMILES string of the molecule is CC1(C)[C@H]2CC[C@@]1(C)[C@H](OC(=O)c1ccc(O)cc1)C2. The number of rotatable bonds is 2. The zero-order valence-electron chi connectivity index (χ0n) is 12.3. The fourth-order valence-corrected chi connectivity index (χ4v) is 4.10. The van der Waals surface area contributed by atoms with Crippen molar-refractivity contribution in [3.05, 3.63) is 29.8 Å². The summed E-state index contributed by atoms with van der Waals surface area (Å²) in [5, 5.41) is 9.27. The Labute approximate surface area is 120 Å². The van der Waals surface area contributed by atoms with E-state index in [1.54, 1.807) is 12.1 Å². The minimum absolute atomic E-state index is 0.0116. The minimum atomic E-state index is -0.278. The van der Waals surface area contributed by atoms with Gasteiger partial charge < -0.3 is 9.84 Å². The highest BCUT2D eigenvalue weighted by Gasteiger charge is 2.62. The molecule has 108 valence electrons. The predicted molar refractivity (Wildman–Crippen MR) is 76.5 cm³/mol. The summed E-state index contributed by atoms with van der Waals surface area (Å²) in [6, 6.07) is 6.25. The molecule has 0 heterocycles. The number of benzene rings is 1. The van der Waals surface area contributed by atoms with Gasteiger partial charge in [-0.25, -0.2) is 4.79 Å². The van der Waals surface area contributed by atoms with E-state index < -0.39 is 0 Å². The largest absolute Gasteiger partial charge is 0.508 e. The number of carbonyl (C=O) groups excluding carboxylic acids is 1. The topological polar surface area (TPSA) is 46.5 Å². The average Bonchev–Trinajstić information content (AvgIpc) is 2.72. The van der Waals surface area contributed by atoms with E-state index in [0.717, 1.165) is 12.8 Å². The third kappa shape index (κ3) is 1.75. The van der Waals surface area contributed by atoms with E-state index in [-0.39, 0.29) is 28.7 Å². The fraction of sp³-hybridized carbons (Fsp3) is 0.588. The lowest BCUT2D eigenvalue weighted by atomic mass is 9.70. The molecule has 0 aromatic heterocycles. The molecule has 2 bridgehead atoms. The Morgan fingerprint density at radius 3 is 2.40 bits per heavy atom. The summed E-state index contributed by atoms with van der Waals surface area (Å²) in [7, 11) is 0. The quantitative estimate of drug-likeness (QED) is 0.835. The molecule has 2 aliphatic rings. The highest BCUT2D eigenvalue weighted by Crippen LogP contribution is 2.66. The van der Waals surface area contributed by atoms with Crippen LogP contribution < -0.4 is 0 Å². The third-order valence-electron chi connectivity index (χ3n) is 6.07. The maximum Gasteiger partial charge on any atom is 0.338 e. The van der Waals surface area contributed by atoms with Crippen LogP contribution in [0, 0.1) is 16.7 Å². The molecule has 1 aromatic rings. The number of fused-ring (bicyclic) bond motifs is 2. The van der Waals surface area contributed by atoms with Crippen molar-refractivity contribution in [1.82, 2.24) is 0 Å². The Morgan fingerprint density at radius 1 is 1.25 bits per heavy atom. The van der Waals surface area contributed by atoms with Crippen molar-refractivity contribution in [3.8, 4) is 5.75 Å². The van der Waals surface area contributed by atoms with Gasteiger partial charge >= 0.3 is 5.97 Å². The second-order valence-electron chi connectivity index (χ2n) is 7.05.